The van der Waals surface area contributed by atoms with Crippen molar-refractivity contribution in [3.63, 3.8) is 0 Å². The molecule has 4 nitrogen and oxygen atoms in total. The monoisotopic (exact) mass is 222 g/mol. The maximum Gasteiger partial charge on any atom is 0.295 e. The average Bonchev–Trinajstić information content (AvgIpc) is 2.27. The quantitative estimate of drug-likeness (QED) is 0.446. The van der Waals surface area contributed by atoms with Crippen LogP contribution in [0, 0.1) is 10.1 Å². The third-order valence-electron chi connectivity index (χ3n) is 2.18. The van der Waals surface area contributed by atoms with Crippen molar-refractivity contribution in [3.8, 4) is 0 Å². The van der Waals surface area contributed by atoms with Crippen LogP contribution in [0.2, 0.25) is 0 Å². The standard InChI is InChI=1S/C10H7ClN2O2/c11-6-7-3-4-9(13(14)15)10-8(7)2-1-5-12-10/h1-5H,6H2. The Bertz CT molecular complexity index is 528. The maximum absolute atomic E-state index is 10.7. The number of alkyl halides is 1. The second kappa shape index (κ2) is 3.82. The first-order valence-electron chi connectivity index (χ1n) is 4.31. The molecule has 0 saturated carbocycles. The van der Waals surface area contributed by atoms with Gasteiger partial charge < -0.3 is 0 Å². The van der Waals surface area contributed by atoms with Gasteiger partial charge in [-0.05, 0) is 11.6 Å². The molecular formula is C10H7ClN2O2. The summed E-state index contributed by atoms with van der Waals surface area (Å²) in [6.07, 6.45) is 1.54. The Balaban J connectivity index is 2.83. The molecule has 1 aromatic heterocycles. The predicted octanol–water partition coefficient (Wildman–Crippen LogP) is 2.88. The Kier molecular flexibility index (Phi) is 2.51. The van der Waals surface area contributed by atoms with Gasteiger partial charge in [0.15, 0.2) is 0 Å². The van der Waals surface area contributed by atoms with Gasteiger partial charge in [-0.1, -0.05) is 12.1 Å². The summed E-state index contributed by atoms with van der Waals surface area (Å²) < 4.78 is 0. The number of pyridine rings is 1. The topological polar surface area (TPSA) is 56.0 Å². The molecule has 0 unspecified atom stereocenters. The van der Waals surface area contributed by atoms with Crippen LogP contribution >= 0.6 is 11.6 Å². The van der Waals surface area contributed by atoms with Crippen molar-refractivity contribution in [2.75, 3.05) is 0 Å². The number of nitro benzene ring substituents is 1. The molecule has 2 aromatic rings. The maximum atomic E-state index is 10.7. The van der Waals surface area contributed by atoms with Crippen molar-refractivity contribution < 1.29 is 4.92 Å². The fourth-order valence-electron chi connectivity index (χ4n) is 1.48. The minimum Gasteiger partial charge on any atom is -0.258 e. The van der Waals surface area contributed by atoms with Crippen LogP contribution in [0.1, 0.15) is 5.56 Å². The van der Waals surface area contributed by atoms with Gasteiger partial charge in [0, 0.05) is 23.5 Å². The van der Waals surface area contributed by atoms with Gasteiger partial charge in [0.05, 0.1) is 4.92 Å². The molecule has 1 heterocycles. The van der Waals surface area contributed by atoms with Gasteiger partial charge in [-0.25, -0.2) is 4.98 Å². The number of fused-ring (bicyclic) bond motifs is 1. The summed E-state index contributed by atoms with van der Waals surface area (Å²) in [6.45, 7) is 0. The lowest BCUT2D eigenvalue weighted by molar-refractivity contribution is -0.383. The van der Waals surface area contributed by atoms with E-state index in [-0.39, 0.29) is 5.69 Å². The Morgan fingerprint density at radius 3 is 2.87 bits per heavy atom. The summed E-state index contributed by atoms with van der Waals surface area (Å²) in [4.78, 5) is 14.3. The first-order chi connectivity index (χ1) is 7.24. The largest absolute Gasteiger partial charge is 0.295 e. The van der Waals surface area contributed by atoms with E-state index in [4.69, 9.17) is 11.6 Å². The SMILES string of the molecule is O=[N+]([O-])c1ccc(CCl)c2cccnc12. The molecule has 0 bridgehead atoms. The molecule has 1 aromatic carbocycles. The summed E-state index contributed by atoms with van der Waals surface area (Å²) in [5.41, 5.74) is 1.26. The zero-order valence-electron chi connectivity index (χ0n) is 7.68. The minimum absolute atomic E-state index is 0.0134. The van der Waals surface area contributed by atoms with Crippen molar-refractivity contribution in [1.82, 2.24) is 4.98 Å². The van der Waals surface area contributed by atoms with Crippen molar-refractivity contribution >= 4 is 28.2 Å². The van der Waals surface area contributed by atoms with Crippen LogP contribution in [-0.4, -0.2) is 9.91 Å². The van der Waals surface area contributed by atoms with E-state index in [1.165, 1.54) is 12.3 Å². The predicted molar refractivity (Wildman–Crippen MR) is 58.0 cm³/mol. The van der Waals surface area contributed by atoms with Crippen LogP contribution in [0.5, 0.6) is 0 Å². The Hall–Kier alpha value is -1.68. The summed E-state index contributed by atoms with van der Waals surface area (Å²) in [5, 5.41) is 11.5. The summed E-state index contributed by atoms with van der Waals surface area (Å²) >= 11 is 5.74. The molecule has 0 aliphatic carbocycles. The number of nitro groups is 1. The fraction of sp³-hybridized carbons (Fsp3) is 0.100. The Morgan fingerprint density at radius 1 is 1.40 bits per heavy atom. The van der Waals surface area contributed by atoms with E-state index in [0.717, 1.165) is 10.9 Å². The van der Waals surface area contributed by atoms with E-state index >= 15 is 0 Å². The number of benzene rings is 1. The lowest BCUT2D eigenvalue weighted by atomic mass is 10.1. The normalized spacial score (nSPS) is 10.5. The fourth-order valence-corrected chi connectivity index (χ4v) is 1.71. The molecule has 0 atom stereocenters. The number of aromatic nitrogens is 1. The molecule has 2 rings (SSSR count). The van der Waals surface area contributed by atoms with E-state index in [2.05, 4.69) is 4.98 Å². The van der Waals surface area contributed by atoms with Crippen LogP contribution in [0.25, 0.3) is 10.9 Å². The highest BCUT2D eigenvalue weighted by molar-refractivity contribution is 6.18. The highest BCUT2D eigenvalue weighted by atomic mass is 35.5. The lowest BCUT2D eigenvalue weighted by Gasteiger charge is -2.02. The molecule has 0 radical (unpaired) electrons. The Morgan fingerprint density at radius 2 is 2.20 bits per heavy atom. The van der Waals surface area contributed by atoms with E-state index in [0.29, 0.717) is 11.4 Å². The van der Waals surface area contributed by atoms with Gasteiger partial charge in [0.1, 0.15) is 5.52 Å². The van der Waals surface area contributed by atoms with E-state index < -0.39 is 4.92 Å². The third-order valence-corrected chi connectivity index (χ3v) is 2.47. The van der Waals surface area contributed by atoms with Gasteiger partial charge in [-0.3, -0.25) is 10.1 Å². The molecule has 0 fully saturated rings. The number of hydrogen-bond acceptors (Lipinski definition) is 3. The van der Waals surface area contributed by atoms with Gasteiger partial charge in [-0.2, -0.15) is 0 Å². The summed E-state index contributed by atoms with van der Waals surface area (Å²) in [6, 6.07) is 6.62. The van der Waals surface area contributed by atoms with Crippen molar-refractivity contribution in [2.45, 2.75) is 5.88 Å². The molecule has 0 aliphatic heterocycles. The van der Waals surface area contributed by atoms with Crippen LogP contribution in [-0.2, 0) is 5.88 Å². The summed E-state index contributed by atoms with van der Waals surface area (Å²) in [5.74, 6) is 0.320. The van der Waals surface area contributed by atoms with Crippen molar-refractivity contribution in [1.29, 1.82) is 0 Å². The summed E-state index contributed by atoms with van der Waals surface area (Å²) in [7, 11) is 0. The first kappa shape index (κ1) is 9.86. The van der Waals surface area contributed by atoms with Crippen LogP contribution in [0.3, 0.4) is 0 Å². The van der Waals surface area contributed by atoms with Crippen LogP contribution in [0.15, 0.2) is 30.5 Å². The molecule has 0 spiro atoms. The third kappa shape index (κ3) is 1.64. The zero-order chi connectivity index (χ0) is 10.8. The molecule has 0 saturated heterocycles. The number of hydrogen-bond donors (Lipinski definition) is 0. The lowest BCUT2D eigenvalue weighted by Crippen LogP contribution is -1.93. The second-order valence-corrected chi connectivity index (χ2v) is 3.30. The number of rotatable bonds is 2. The van der Waals surface area contributed by atoms with Crippen LogP contribution in [0.4, 0.5) is 5.69 Å². The average molecular weight is 223 g/mol. The second-order valence-electron chi connectivity index (χ2n) is 3.03. The Labute approximate surface area is 90.7 Å². The van der Waals surface area contributed by atoms with E-state index in [1.54, 1.807) is 18.2 Å². The van der Waals surface area contributed by atoms with Gasteiger partial charge >= 0.3 is 0 Å². The van der Waals surface area contributed by atoms with Gasteiger partial charge in [-0.15, -0.1) is 11.6 Å². The van der Waals surface area contributed by atoms with Crippen molar-refractivity contribution in [2.24, 2.45) is 0 Å². The number of non-ortho nitro benzene ring substituents is 1. The highest BCUT2D eigenvalue weighted by Crippen LogP contribution is 2.26. The minimum atomic E-state index is -0.437. The van der Waals surface area contributed by atoms with E-state index in [9.17, 15) is 10.1 Å². The molecule has 76 valence electrons. The zero-order valence-corrected chi connectivity index (χ0v) is 8.44. The smallest absolute Gasteiger partial charge is 0.258 e. The van der Waals surface area contributed by atoms with Crippen LogP contribution < -0.4 is 0 Å². The molecule has 0 N–H and O–H groups in total. The molecule has 0 aliphatic rings. The van der Waals surface area contributed by atoms with Gasteiger partial charge in [0.2, 0.25) is 0 Å². The molecule has 15 heavy (non-hydrogen) atoms. The van der Waals surface area contributed by atoms with Crippen molar-refractivity contribution in [3.05, 3.63) is 46.1 Å². The molecular weight excluding hydrogens is 216 g/mol. The first-order valence-corrected chi connectivity index (χ1v) is 4.84. The number of nitrogens with zero attached hydrogens (tertiary/aromatic N) is 2. The van der Waals surface area contributed by atoms with Gasteiger partial charge in [0.25, 0.3) is 5.69 Å². The number of halogens is 1. The highest BCUT2D eigenvalue weighted by Gasteiger charge is 2.14. The molecule has 0 amide bonds. The van der Waals surface area contributed by atoms with E-state index in [1.807, 2.05) is 0 Å². The molecule has 5 heteroatoms.